The molecule has 0 saturated heterocycles. The van der Waals surface area contributed by atoms with Gasteiger partial charge in [-0.2, -0.15) is 0 Å². The summed E-state index contributed by atoms with van der Waals surface area (Å²) in [6.07, 6.45) is 0.293. The van der Waals surface area contributed by atoms with E-state index in [1.165, 1.54) is 18.2 Å². The molecule has 16 heavy (non-hydrogen) atoms. The Labute approximate surface area is 95.2 Å². The Bertz CT molecular complexity index is 354. The van der Waals surface area contributed by atoms with Crippen molar-refractivity contribution in [3.8, 4) is 0 Å². The first kappa shape index (κ1) is 12.8. The quantitative estimate of drug-likeness (QED) is 0.759. The lowest BCUT2D eigenvalue weighted by molar-refractivity contribution is 0.518. The first-order valence-corrected chi connectivity index (χ1v) is 5.38. The average Bonchev–Trinajstić information content (AvgIpc) is 2.21. The molecule has 1 unspecified atom stereocenters. The van der Waals surface area contributed by atoms with Crippen molar-refractivity contribution in [2.24, 2.45) is 0 Å². The van der Waals surface area contributed by atoms with Crippen molar-refractivity contribution in [2.45, 2.75) is 26.3 Å². The van der Waals surface area contributed by atoms with Crippen molar-refractivity contribution < 1.29 is 8.78 Å². The van der Waals surface area contributed by atoms with Crippen molar-refractivity contribution in [3.05, 3.63) is 47.5 Å². The maximum absolute atomic E-state index is 13.4. The predicted molar refractivity (Wildman–Crippen MR) is 62.3 cm³/mol. The molecule has 0 saturated carbocycles. The standard InChI is InChI=1S/C13H17F2N/c1-4-16-13(9(2)3)8-10-11(14)6-5-7-12(10)15/h5-7,13,16H,2,4,8H2,1,3H3. The molecule has 1 aromatic rings. The van der Waals surface area contributed by atoms with Gasteiger partial charge >= 0.3 is 0 Å². The zero-order valence-electron chi connectivity index (χ0n) is 9.69. The smallest absolute Gasteiger partial charge is 0.129 e. The number of nitrogens with one attached hydrogen (secondary N) is 1. The highest BCUT2D eigenvalue weighted by molar-refractivity contribution is 5.23. The molecular weight excluding hydrogens is 208 g/mol. The normalized spacial score (nSPS) is 12.5. The maximum Gasteiger partial charge on any atom is 0.129 e. The summed E-state index contributed by atoms with van der Waals surface area (Å²) in [5.41, 5.74) is 1.00. The fourth-order valence-corrected chi connectivity index (χ4v) is 1.60. The van der Waals surface area contributed by atoms with Gasteiger partial charge in [0.25, 0.3) is 0 Å². The highest BCUT2D eigenvalue weighted by atomic mass is 19.1. The summed E-state index contributed by atoms with van der Waals surface area (Å²) in [5, 5.41) is 3.15. The highest BCUT2D eigenvalue weighted by Crippen LogP contribution is 2.16. The molecule has 0 bridgehead atoms. The molecule has 0 aliphatic carbocycles. The van der Waals surface area contributed by atoms with E-state index >= 15 is 0 Å². The lowest BCUT2D eigenvalue weighted by Crippen LogP contribution is -2.32. The summed E-state index contributed by atoms with van der Waals surface area (Å²) in [5.74, 6) is -0.992. The Morgan fingerprint density at radius 1 is 1.38 bits per heavy atom. The van der Waals surface area contributed by atoms with Crippen LogP contribution in [0.25, 0.3) is 0 Å². The van der Waals surface area contributed by atoms with E-state index in [1.807, 2.05) is 13.8 Å². The van der Waals surface area contributed by atoms with E-state index in [2.05, 4.69) is 11.9 Å². The minimum atomic E-state index is -0.496. The number of benzene rings is 1. The zero-order valence-corrected chi connectivity index (χ0v) is 9.69. The van der Waals surface area contributed by atoms with E-state index in [1.54, 1.807) is 0 Å². The third kappa shape index (κ3) is 3.14. The second-order valence-electron chi connectivity index (χ2n) is 3.86. The van der Waals surface area contributed by atoms with Gasteiger partial charge in [0.15, 0.2) is 0 Å². The molecule has 0 fully saturated rings. The van der Waals surface area contributed by atoms with Crippen LogP contribution in [0.15, 0.2) is 30.4 Å². The van der Waals surface area contributed by atoms with Crippen LogP contribution in [-0.4, -0.2) is 12.6 Å². The fourth-order valence-electron chi connectivity index (χ4n) is 1.60. The minimum absolute atomic E-state index is 0.0867. The van der Waals surface area contributed by atoms with Crippen LogP contribution in [0.2, 0.25) is 0 Å². The highest BCUT2D eigenvalue weighted by Gasteiger charge is 2.15. The van der Waals surface area contributed by atoms with Crippen LogP contribution in [0.1, 0.15) is 19.4 Å². The van der Waals surface area contributed by atoms with E-state index in [-0.39, 0.29) is 11.6 Å². The summed E-state index contributed by atoms with van der Waals surface area (Å²) >= 11 is 0. The number of halogens is 2. The first-order valence-electron chi connectivity index (χ1n) is 5.38. The van der Waals surface area contributed by atoms with Crippen molar-refractivity contribution in [1.82, 2.24) is 5.32 Å². The Hall–Kier alpha value is -1.22. The minimum Gasteiger partial charge on any atom is -0.310 e. The molecule has 1 N–H and O–H groups in total. The molecule has 0 aliphatic heterocycles. The second kappa shape index (κ2) is 5.75. The lowest BCUT2D eigenvalue weighted by atomic mass is 10.00. The van der Waals surface area contributed by atoms with Crippen molar-refractivity contribution in [2.75, 3.05) is 6.54 Å². The van der Waals surface area contributed by atoms with E-state index in [9.17, 15) is 8.78 Å². The van der Waals surface area contributed by atoms with Gasteiger partial charge in [0.2, 0.25) is 0 Å². The Morgan fingerprint density at radius 2 is 1.94 bits per heavy atom. The molecule has 0 aliphatic rings. The van der Waals surface area contributed by atoms with E-state index < -0.39 is 11.6 Å². The molecule has 3 heteroatoms. The first-order chi connectivity index (χ1) is 7.56. The molecule has 0 radical (unpaired) electrons. The largest absolute Gasteiger partial charge is 0.310 e. The average molecular weight is 225 g/mol. The zero-order chi connectivity index (χ0) is 12.1. The van der Waals surface area contributed by atoms with E-state index in [0.29, 0.717) is 6.42 Å². The Balaban J connectivity index is 2.89. The van der Waals surface area contributed by atoms with Crippen LogP contribution in [-0.2, 0) is 6.42 Å². The summed E-state index contributed by atoms with van der Waals surface area (Å²) in [4.78, 5) is 0. The van der Waals surface area contributed by atoms with E-state index in [0.717, 1.165) is 12.1 Å². The van der Waals surface area contributed by atoms with Gasteiger partial charge in [-0.1, -0.05) is 25.1 Å². The second-order valence-corrected chi connectivity index (χ2v) is 3.86. The Kier molecular flexibility index (Phi) is 4.62. The number of likely N-dealkylation sites (N-methyl/N-ethyl adjacent to an activating group) is 1. The van der Waals surface area contributed by atoms with Crippen molar-refractivity contribution >= 4 is 0 Å². The summed E-state index contributed by atoms with van der Waals surface area (Å²) in [6.45, 7) is 8.37. The number of hydrogen-bond donors (Lipinski definition) is 1. The molecule has 1 nitrogen and oxygen atoms in total. The van der Waals surface area contributed by atoms with Crippen LogP contribution in [0, 0.1) is 11.6 Å². The molecule has 0 heterocycles. The molecule has 1 rings (SSSR count). The molecule has 0 spiro atoms. The SMILES string of the molecule is C=C(C)C(Cc1c(F)cccc1F)NCC. The van der Waals surface area contributed by atoms with Gasteiger partial charge in [0.1, 0.15) is 11.6 Å². The monoisotopic (exact) mass is 225 g/mol. The van der Waals surface area contributed by atoms with Crippen LogP contribution in [0.3, 0.4) is 0 Å². The van der Waals surface area contributed by atoms with Crippen molar-refractivity contribution in [1.29, 1.82) is 0 Å². The summed E-state index contributed by atoms with van der Waals surface area (Å²) in [6, 6.07) is 3.84. The number of hydrogen-bond acceptors (Lipinski definition) is 1. The van der Waals surface area contributed by atoms with Gasteiger partial charge in [-0.3, -0.25) is 0 Å². The van der Waals surface area contributed by atoms with Crippen LogP contribution in [0.4, 0.5) is 8.78 Å². The van der Waals surface area contributed by atoms with Gasteiger partial charge in [-0.25, -0.2) is 8.78 Å². The van der Waals surface area contributed by atoms with Crippen LogP contribution in [0.5, 0.6) is 0 Å². The van der Waals surface area contributed by atoms with Gasteiger partial charge in [0.05, 0.1) is 0 Å². The van der Waals surface area contributed by atoms with Gasteiger partial charge in [-0.05, 0) is 32.0 Å². The molecular formula is C13H17F2N. The molecule has 0 amide bonds. The molecule has 1 atom stereocenters. The maximum atomic E-state index is 13.4. The van der Waals surface area contributed by atoms with E-state index in [4.69, 9.17) is 0 Å². The molecule has 0 aromatic heterocycles. The van der Waals surface area contributed by atoms with Crippen LogP contribution < -0.4 is 5.32 Å². The summed E-state index contributed by atoms with van der Waals surface area (Å²) in [7, 11) is 0. The number of rotatable bonds is 5. The fraction of sp³-hybridized carbons (Fsp3) is 0.385. The van der Waals surface area contributed by atoms with Gasteiger partial charge in [-0.15, -0.1) is 0 Å². The topological polar surface area (TPSA) is 12.0 Å². The van der Waals surface area contributed by atoms with Crippen LogP contribution >= 0.6 is 0 Å². The lowest BCUT2D eigenvalue weighted by Gasteiger charge is -2.18. The molecule has 1 aromatic carbocycles. The third-order valence-corrected chi connectivity index (χ3v) is 2.52. The van der Waals surface area contributed by atoms with Gasteiger partial charge in [0, 0.05) is 11.6 Å². The third-order valence-electron chi connectivity index (χ3n) is 2.52. The molecule has 88 valence electrons. The predicted octanol–water partition coefficient (Wildman–Crippen LogP) is 3.06. The summed E-state index contributed by atoms with van der Waals surface area (Å²) < 4.78 is 26.8. The Morgan fingerprint density at radius 3 is 2.38 bits per heavy atom. The van der Waals surface area contributed by atoms with Gasteiger partial charge < -0.3 is 5.32 Å². The van der Waals surface area contributed by atoms with Crippen molar-refractivity contribution in [3.63, 3.8) is 0 Å².